The van der Waals surface area contributed by atoms with Crippen molar-refractivity contribution in [1.82, 2.24) is 5.32 Å². The van der Waals surface area contributed by atoms with Crippen LogP contribution in [-0.4, -0.2) is 17.3 Å². The standard InChI is InChI=1S/C17H24FNO/c1-12-6-8-17(20,9-7-12)11-19-16-5-2-13-10-14(18)3-4-15(13)16/h3-4,10,12,16,19-20H,2,5-9,11H2,1H3. The number of hydrogen-bond acceptors (Lipinski definition) is 2. The fourth-order valence-electron chi connectivity index (χ4n) is 3.59. The van der Waals surface area contributed by atoms with E-state index in [1.165, 1.54) is 11.6 Å². The second-order valence-corrected chi connectivity index (χ2v) is 6.72. The summed E-state index contributed by atoms with van der Waals surface area (Å²) in [6.45, 7) is 2.91. The summed E-state index contributed by atoms with van der Waals surface area (Å²) in [6, 6.07) is 5.35. The summed E-state index contributed by atoms with van der Waals surface area (Å²) >= 11 is 0. The van der Waals surface area contributed by atoms with Crippen molar-refractivity contribution in [1.29, 1.82) is 0 Å². The monoisotopic (exact) mass is 277 g/mol. The highest BCUT2D eigenvalue weighted by molar-refractivity contribution is 5.35. The van der Waals surface area contributed by atoms with E-state index in [-0.39, 0.29) is 11.9 Å². The van der Waals surface area contributed by atoms with E-state index in [1.807, 2.05) is 6.07 Å². The highest BCUT2D eigenvalue weighted by Gasteiger charge is 2.33. The Labute approximate surface area is 120 Å². The fourth-order valence-corrected chi connectivity index (χ4v) is 3.59. The zero-order valence-electron chi connectivity index (χ0n) is 12.2. The van der Waals surface area contributed by atoms with Crippen LogP contribution in [0.5, 0.6) is 0 Å². The minimum Gasteiger partial charge on any atom is -0.389 e. The van der Waals surface area contributed by atoms with Gasteiger partial charge in [0.2, 0.25) is 0 Å². The van der Waals surface area contributed by atoms with Crippen LogP contribution in [0.25, 0.3) is 0 Å². The average Bonchev–Trinajstić information content (AvgIpc) is 2.83. The number of halogens is 1. The van der Waals surface area contributed by atoms with E-state index in [9.17, 15) is 9.50 Å². The Kier molecular flexibility index (Phi) is 3.83. The molecular formula is C17H24FNO. The Morgan fingerprint density at radius 2 is 2.05 bits per heavy atom. The molecule has 1 aromatic rings. The summed E-state index contributed by atoms with van der Waals surface area (Å²) in [4.78, 5) is 0. The molecular weight excluding hydrogens is 253 g/mol. The summed E-state index contributed by atoms with van der Waals surface area (Å²) in [5.74, 6) is 0.592. The van der Waals surface area contributed by atoms with E-state index in [4.69, 9.17) is 0 Å². The van der Waals surface area contributed by atoms with Crippen LogP contribution in [0.4, 0.5) is 4.39 Å². The van der Waals surface area contributed by atoms with Gasteiger partial charge in [0.1, 0.15) is 5.82 Å². The van der Waals surface area contributed by atoms with E-state index in [0.717, 1.165) is 50.0 Å². The number of aryl methyl sites for hydroxylation is 1. The van der Waals surface area contributed by atoms with Crippen LogP contribution in [0.3, 0.4) is 0 Å². The molecule has 0 aliphatic heterocycles. The van der Waals surface area contributed by atoms with Gasteiger partial charge < -0.3 is 10.4 Å². The predicted molar refractivity (Wildman–Crippen MR) is 78.0 cm³/mol. The van der Waals surface area contributed by atoms with Gasteiger partial charge in [-0.15, -0.1) is 0 Å². The maximum absolute atomic E-state index is 13.2. The van der Waals surface area contributed by atoms with Crippen molar-refractivity contribution in [2.24, 2.45) is 5.92 Å². The number of nitrogens with one attached hydrogen (secondary N) is 1. The van der Waals surface area contributed by atoms with E-state index in [1.54, 1.807) is 6.07 Å². The fraction of sp³-hybridized carbons (Fsp3) is 0.647. The molecule has 0 amide bonds. The minimum atomic E-state index is -0.546. The first-order valence-electron chi connectivity index (χ1n) is 7.80. The van der Waals surface area contributed by atoms with Gasteiger partial charge in [-0.25, -0.2) is 4.39 Å². The smallest absolute Gasteiger partial charge is 0.123 e. The maximum atomic E-state index is 13.2. The van der Waals surface area contributed by atoms with Crippen molar-refractivity contribution in [2.45, 2.75) is 57.1 Å². The third kappa shape index (κ3) is 2.89. The van der Waals surface area contributed by atoms with Crippen LogP contribution in [-0.2, 0) is 6.42 Å². The number of aliphatic hydroxyl groups is 1. The Hall–Kier alpha value is -0.930. The molecule has 1 aromatic carbocycles. The normalized spacial score (nSPS) is 33.1. The Balaban J connectivity index is 1.60. The molecule has 2 N–H and O–H groups in total. The van der Waals surface area contributed by atoms with Crippen molar-refractivity contribution in [3.8, 4) is 0 Å². The van der Waals surface area contributed by atoms with E-state index < -0.39 is 5.60 Å². The Morgan fingerprint density at radius 3 is 2.80 bits per heavy atom. The lowest BCUT2D eigenvalue weighted by Crippen LogP contribution is -2.44. The Morgan fingerprint density at radius 1 is 1.30 bits per heavy atom. The molecule has 1 atom stereocenters. The molecule has 1 fully saturated rings. The highest BCUT2D eigenvalue weighted by Crippen LogP contribution is 2.34. The van der Waals surface area contributed by atoms with Gasteiger partial charge in [0.15, 0.2) is 0 Å². The largest absolute Gasteiger partial charge is 0.389 e. The van der Waals surface area contributed by atoms with Crippen molar-refractivity contribution < 1.29 is 9.50 Å². The molecule has 3 rings (SSSR count). The van der Waals surface area contributed by atoms with E-state index in [2.05, 4.69) is 12.2 Å². The number of benzene rings is 1. The first kappa shape index (κ1) is 14.0. The zero-order valence-corrected chi connectivity index (χ0v) is 12.2. The molecule has 110 valence electrons. The van der Waals surface area contributed by atoms with Gasteiger partial charge in [0.25, 0.3) is 0 Å². The third-order valence-electron chi connectivity index (χ3n) is 5.07. The average molecular weight is 277 g/mol. The van der Waals surface area contributed by atoms with Crippen LogP contribution in [0.2, 0.25) is 0 Å². The van der Waals surface area contributed by atoms with Gasteiger partial charge in [0, 0.05) is 12.6 Å². The SMILES string of the molecule is CC1CCC(O)(CNC2CCc3cc(F)ccc32)CC1. The van der Waals surface area contributed by atoms with E-state index in [0.29, 0.717) is 6.54 Å². The van der Waals surface area contributed by atoms with Crippen molar-refractivity contribution in [3.05, 3.63) is 35.1 Å². The van der Waals surface area contributed by atoms with Gasteiger partial charge in [-0.1, -0.05) is 13.0 Å². The molecule has 0 heterocycles. The van der Waals surface area contributed by atoms with Crippen molar-refractivity contribution >= 4 is 0 Å². The highest BCUT2D eigenvalue weighted by atomic mass is 19.1. The number of fused-ring (bicyclic) bond motifs is 1. The lowest BCUT2D eigenvalue weighted by atomic mass is 9.79. The van der Waals surface area contributed by atoms with Gasteiger partial charge in [-0.05, 0) is 67.7 Å². The molecule has 2 aliphatic rings. The summed E-state index contributed by atoms with van der Waals surface area (Å²) in [6.07, 6.45) is 5.95. The molecule has 1 saturated carbocycles. The molecule has 0 saturated heterocycles. The number of rotatable bonds is 3. The van der Waals surface area contributed by atoms with Gasteiger partial charge in [-0.2, -0.15) is 0 Å². The van der Waals surface area contributed by atoms with Crippen LogP contribution in [0.15, 0.2) is 18.2 Å². The van der Waals surface area contributed by atoms with Crippen LogP contribution >= 0.6 is 0 Å². The van der Waals surface area contributed by atoms with E-state index >= 15 is 0 Å². The lowest BCUT2D eigenvalue weighted by Gasteiger charge is -2.36. The van der Waals surface area contributed by atoms with Crippen molar-refractivity contribution in [3.63, 3.8) is 0 Å². The van der Waals surface area contributed by atoms with Crippen LogP contribution in [0.1, 0.15) is 56.2 Å². The maximum Gasteiger partial charge on any atom is 0.123 e. The summed E-state index contributed by atoms with van der Waals surface area (Å²) in [7, 11) is 0. The molecule has 3 heteroatoms. The first-order valence-corrected chi connectivity index (χ1v) is 7.80. The molecule has 0 radical (unpaired) electrons. The minimum absolute atomic E-state index is 0.149. The number of hydrogen-bond donors (Lipinski definition) is 2. The molecule has 2 aliphatic carbocycles. The molecule has 0 aromatic heterocycles. The van der Waals surface area contributed by atoms with Gasteiger partial charge >= 0.3 is 0 Å². The molecule has 2 nitrogen and oxygen atoms in total. The van der Waals surface area contributed by atoms with Gasteiger partial charge in [-0.3, -0.25) is 0 Å². The second kappa shape index (κ2) is 5.45. The molecule has 0 spiro atoms. The first-order chi connectivity index (χ1) is 9.56. The third-order valence-corrected chi connectivity index (χ3v) is 5.07. The van der Waals surface area contributed by atoms with Gasteiger partial charge in [0.05, 0.1) is 5.60 Å². The molecule has 20 heavy (non-hydrogen) atoms. The molecule has 0 bridgehead atoms. The topological polar surface area (TPSA) is 32.3 Å². The zero-order chi connectivity index (χ0) is 14.2. The summed E-state index contributed by atoms with van der Waals surface area (Å²) in [5.41, 5.74) is 1.78. The second-order valence-electron chi connectivity index (χ2n) is 6.72. The lowest BCUT2D eigenvalue weighted by molar-refractivity contribution is -0.00818. The Bertz CT molecular complexity index is 480. The van der Waals surface area contributed by atoms with Crippen molar-refractivity contribution in [2.75, 3.05) is 6.54 Å². The summed E-state index contributed by atoms with van der Waals surface area (Å²) in [5, 5.41) is 14.1. The van der Waals surface area contributed by atoms with Crippen LogP contribution < -0.4 is 5.32 Å². The molecule has 1 unspecified atom stereocenters. The quantitative estimate of drug-likeness (QED) is 0.888. The predicted octanol–water partition coefficient (Wildman–Crippen LogP) is 3.34. The summed E-state index contributed by atoms with van der Waals surface area (Å²) < 4.78 is 13.2. The van der Waals surface area contributed by atoms with Crippen LogP contribution in [0, 0.1) is 11.7 Å².